The minimum Gasteiger partial charge on any atom is -0.755 e. The van der Waals surface area contributed by atoms with Crippen molar-refractivity contribution in [2.45, 2.75) is 19.4 Å². The van der Waals surface area contributed by atoms with Gasteiger partial charge in [-0.15, -0.1) is 0 Å². The van der Waals surface area contributed by atoms with Crippen LogP contribution < -0.4 is 4.72 Å². The van der Waals surface area contributed by atoms with E-state index in [0.717, 1.165) is 24.0 Å². The predicted molar refractivity (Wildman–Crippen MR) is 78.8 cm³/mol. The van der Waals surface area contributed by atoms with Crippen LogP contribution in [0.1, 0.15) is 16.7 Å². The third-order valence-electron chi connectivity index (χ3n) is 3.04. The van der Waals surface area contributed by atoms with Crippen LogP contribution in [0.25, 0.3) is 0 Å². The Balaban J connectivity index is 1.97. The van der Waals surface area contributed by atoms with Crippen molar-refractivity contribution < 1.29 is 13.9 Å². The van der Waals surface area contributed by atoms with E-state index in [4.69, 9.17) is 5.11 Å². The topological polar surface area (TPSA) is 72.4 Å². The first-order valence-electron chi connectivity index (χ1n) is 6.31. The minimum absolute atomic E-state index is 0.0559. The fourth-order valence-electron chi connectivity index (χ4n) is 1.99. The zero-order chi connectivity index (χ0) is 14.4. The molecule has 4 nitrogen and oxygen atoms in total. The Labute approximate surface area is 120 Å². The van der Waals surface area contributed by atoms with E-state index in [2.05, 4.69) is 4.72 Å². The molecule has 0 saturated heterocycles. The maximum atomic E-state index is 10.6. The summed E-state index contributed by atoms with van der Waals surface area (Å²) in [6, 6.07) is 15.2. The molecule has 5 heteroatoms. The van der Waals surface area contributed by atoms with Crippen molar-refractivity contribution in [2.24, 2.45) is 0 Å². The van der Waals surface area contributed by atoms with Crippen molar-refractivity contribution in [1.82, 2.24) is 0 Å². The molecular formula is C15H16NO3S-. The maximum absolute atomic E-state index is 10.6. The minimum atomic E-state index is -2.29. The Bertz CT molecular complexity index is 584. The first-order valence-corrected chi connectivity index (χ1v) is 7.38. The number of nitrogens with one attached hydrogen (secondary N) is 1. The molecule has 2 rings (SSSR count). The molecule has 1 atom stereocenters. The van der Waals surface area contributed by atoms with Gasteiger partial charge >= 0.3 is 0 Å². The number of rotatable bonds is 6. The van der Waals surface area contributed by atoms with Gasteiger partial charge in [-0.2, -0.15) is 0 Å². The third-order valence-corrected chi connectivity index (χ3v) is 3.44. The highest BCUT2D eigenvalue weighted by Gasteiger charge is 1.99. The van der Waals surface area contributed by atoms with E-state index in [-0.39, 0.29) is 6.61 Å². The highest BCUT2D eigenvalue weighted by Crippen LogP contribution is 2.14. The number of hydrogen-bond donors (Lipinski definition) is 2. The summed E-state index contributed by atoms with van der Waals surface area (Å²) in [4.78, 5) is 0. The zero-order valence-corrected chi connectivity index (χ0v) is 11.7. The van der Waals surface area contributed by atoms with Crippen LogP contribution >= 0.6 is 0 Å². The molecule has 1 unspecified atom stereocenters. The molecule has 2 aromatic carbocycles. The standard InChI is InChI=1S/C15H17NO3S/c17-11-14-8-5-12(6-9-14)4-7-13-2-1-3-15(10-13)16-20(18)19/h1-3,5-6,8-10,16-17H,4,7,11H2,(H,18,19)/p-1. The van der Waals surface area contributed by atoms with Gasteiger partial charge in [0.05, 0.1) is 6.61 Å². The number of hydrogen-bond acceptors (Lipinski definition) is 3. The van der Waals surface area contributed by atoms with Gasteiger partial charge in [0.1, 0.15) is 0 Å². The highest BCUT2D eigenvalue weighted by atomic mass is 32.2. The van der Waals surface area contributed by atoms with Crippen LogP contribution in [-0.4, -0.2) is 13.9 Å². The zero-order valence-electron chi connectivity index (χ0n) is 10.9. The lowest BCUT2D eigenvalue weighted by molar-refractivity contribution is 0.282. The second kappa shape index (κ2) is 7.19. The molecule has 0 aromatic heterocycles. The van der Waals surface area contributed by atoms with E-state index in [1.807, 2.05) is 42.5 Å². The SMILES string of the molecule is O=S([O-])Nc1cccc(CCc2ccc(CO)cc2)c1. The number of aliphatic hydroxyl groups excluding tert-OH is 1. The summed E-state index contributed by atoms with van der Waals surface area (Å²) in [7, 11) is 0. The van der Waals surface area contributed by atoms with Gasteiger partial charge in [-0.1, -0.05) is 36.4 Å². The summed E-state index contributed by atoms with van der Waals surface area (Å²) in [6.07, 6.45) is 1.70. The summed E-state index contributed by atoms with van der Waals surface area (Å²) in [5.41, 5.74) is 3.74. The van der Waals surface area contributed by atoms with Gasteiger partial charge in [0.15, 0.2) is 0 Å². The molecule has 2 N–H and O–H groups in total. The summed E-state index contributed by atoms with van der Waals surface area (Å²) >= 11 is -2.29. The molecule has 2 aromatic rings. The molecule has 0 bridgehead atoms. The first kappa shape index (κ1) is 14.7. The number of aryl methyl sites for hydroxylation is 2. The monoisotopic (exact) mass is 290 g/mol. The lowest BCUT2D eigenvalue weighted by atomic mass is 10.0. The van der Waals surface area contributed by atoms with Gasteiger partial charge in [-0.25, -0.2) is 0 Å². The van der Waals surface area contributed by atoms with Gasteiger partial charge in [0.2, 0.25) is 0 Å². The molecule has 0 radical (unpaired) electrons. The fraction of sp³-hybridized carbons (Fsp3) is 0.200. The average molecular weight is 290 g/mol. The van der Waals surface area contributed by atoms with Gasteiger partial charge < -0.3 is 14.4 Å². The molecule has 0 aliphatic carbocycles. The first-order chi connectivity index (χ1) is 9.67. The maximum Gasteiger partial charge on any atom is 0.0681 e. The summed E-state index contributed by atoms with van der Waals surface area (Å²) in [5.74, 6) is 0. The second-order valence-electron chi connectivity index (χ2n) is 4.51. The van der Waals surface area contributed by atoms with Crippen molar-refractivity contribution in [1.29, 1.82) is 0 Å². The largest absolute Gasteiger partial charge is 0.755 e. The van der Waals surface area contributed by atoms with Crippen LogP contribution in [0.5, 0.6) is 0 Å². The Hall–Kier alpha value is -1.69. The normalized spacial score (nSPS) is 12.1. The number of anilines is 1. The molecule has 0 aliphatic rings. The van der Waals surface area contributed by atoms with E-state index >= 15 is 0 Å². The highest BCUT2D eigenvalue weighted by molar-refractivity contribution is 7.80. The van der Waals surface area contributed by atoms with Gasteiger partial charge in [-0.3, -0.25) is 4.21 Å². The van der Waals surface area contributed by atoms with Crippen molar-refractivity contribution >= 4 is 17.0 Å². The second-order valence-corrected chi connectivity index (χ2v) is 5.19. The Kier molecular flexibility index (Phi) is 5.29. The predicted octanol–water partition coefficient (Wildman–Crippen LogP) is 2.17. The molecular weight excluding hydrogens is 274 g/mol. The van der Waals surface area contributed by atoms with Crippen molar-refractivity contribution in [2.75, 3.05) is 4.72 Å². The number of benzene rings is 2. The van der Waals surface area contributed by atoms with E-state index < -0.39 is 11.3 Å². The number of aliphatic hydroxyl groups is 1. The van der Waals surface area contributed by atoms with Crippen LogP contribution in [0.15, 0.2) is 48.5 Å². The van der Waals surface area contributed by atoms with Gasteiger partial charge in [0, 0.05) is 17.0 Å². The quantitative estimate of drug-likeness (QED) is 0.801. The fourth-order valence-corrected chi connectivity index (χ4v) is 2.31. The lowest BCUT2D eigenvalue weighted by Crippen LogP contribution is -2.02. The van der Waals surface area contributed by atoms with E-state index in [1.54, 1.807) is 6.07 Å². The van der Waals surface area contributed by atoms with E-state index in [9.17, 15) is 8.76 Å². The Morgan fingerprint density at radius 1 is 1.00 bits per heavy atom. The summed E-state index contributed by atoms with van der Waals surface area (Å²) in [5, 5.41) is 8.98. The third kappa shape index (κ3) is 4.45. The molecule has 0 aliphatic heterocycles. The van der Waals surface area contributed by atoms with Crippen LogP contribution in [-0.2, 0) is 30.7 Å². The summed E-state index contributed by atoms with van der Waals surface area (Å²) in [6.45, 7) is 0.0559. The Morgan fingerprint density at radius 3 is 2.30 bits per heavy atom. The average Bonchev–Trinajstić information content (AvgIpc) is 2.45. The smallest absolute Gasteiger partial charge is 0.0681 e. The van der Waals surface area contributed by atoms with Crippen LogP contribution in [0.3, 0.4) is 0 Å². The molecule has 20 heavy (non-hydrogen) atoms. The Morgan fingerprint density at radius 2 is 1.65 bits per heavy atom. The van der Waals surface area contributed by atoms with Crippen molar-refractivity contribution in [3.05, 3.63) is 65.2 Å². The van der Waals surface area contributed by atoms with Crippen LogP contribution in [0, 0.1) is 0 Å². The van der Waals surface area contributed by atoms with Crippen molar-refractivity contribution in [3.8, 4) is 0 Å². The van der Waals surface area contributed by atoms with Crippen LogP contribution in [0.4, 0.5) is 5.69 Å². The van der Waals surface area contributed by atoms with Crippen molar-refractivity contribution in [3.63, 3.8) is 0 Å². The molecule has 0 saturated carbocycles. The molecule has 0 amide bonds. The molecule has 0 fully saturated rings. The lowest BCUT2D eigenvalue weighted by Gasteiger charge is -2.10. The summed E-state index contributed by atoms with van der Waals surface area (Å²) < 4.78 is 23.5. The van der Waals surface area contributed by atoms with Gasteiger partial charge in [0.25, 0.3) is 0 Å². The molecule has 0 spiro atoms. The molecule has 0 heterocycles. The van der Waals surface area contributed by atoms with E-state index in [1.165, 1.54) is 5.56 Å². The van der Waals surface area contributed by atoms with Gasteiger partial charge in [-0.05, 0) is 41.7 Å². The van der Waals surface area contributed by atoms with Crippen LogP contribution in [0.2, 0.25) is 0 Å². The van der Waals surface area contributed by atoms with E-state index in [0.29, 0.717) is 5.69 Å². The molecule has 106 valence electrons.